The maximum Gasteiger partial charge on any atom is 0.313 e. The van der Waals surface area contributed by atoms with E-state index in [0.717, 1.165) is 0 Å². The smallest absolute Gasteiger partial charge is 0.313 e. The van der Waals surface area contributed by atoms with Crippen molar-refractivity contribution in [2.75, 3.05) is 11.1 Å². The summed E-state index contributed by atoms with van der Waals surface area (Å²) in [6.45, 7) is 3.66. The highest BCUT2D eigenvalue weighted by atomic mass is 32.2. The SMILES string of the molecule is CCS(=O)(=O)c1ccccc1NC(=O)C(=O)NC(C)Cn1cccn1. The van der Waals surface area contributed by atoms with Gasteiger partial charge in [0.05, 0.1) is 22.9 Å². The van der Waals surface area contributed by atoms with Crippen molar-refractivity contribution < 1.29 is 18.0 Å². The van der Waals surface area contributed by atoms with Crippen LogP contribution in [0.4, 0.5) is 5.69 Å². The summed E-state index contributed by atoms with van der Waals surface area (Å²) in [5.74, 6) is -1.87. The summed E-state index contributed by atoms with van der Waals surface area (Å²) in [5.41, 5.74) is 0.0872. The normalized spacial score (nSPS) is 12.4. The van der Waals surface area contributed by atoms with Crippen LogP contribution < -0.4 is 10.6 Å². The lowest BCUT2D eigenvalue weighted by molar-refractivity contribution is -0.136. The van der Waals surface area contributed by atoms with Gasteiger partial charge < -0.3 is 10.6 Å². The number of sulfone groups is 1. The molecule has 134 valence electrons. The van der Waals surface area contributed by atoms with E-state index in [1.54, 1.807) is 42.2 Å². The molecule has 2 N–H and O–H groups in total. The number of hydrogen-bond acceptors (Lipinski definition) is 5. The maximum absolute atomic E-state index is 12.1. The molecule has 0 spiro atoms. The number of benzene rings is 1. The standard InChI is InChI=1S/C16H20N4O4S/c1-3-25(23,24)14-8-5-4-7-13(14)19-16(22)15(21)18-12(2)11-20-10-6-9-17-20/h4-10,12H,3,11H2,1-2H3,(H,18,21)(H,19,22). The number of para-hydroxylation sites is 1. The average molecular weight is 364 g/mol. The molecular weight excluding hydrogens is 344 g/mol. The van der Waals surface area contributed by atoms with Crippen LogP contribution >= 0.6 is 0 Å². The Morgan fingerprint density at radius 1 is 1.20 bits per heavy atom. The summed E-state index contributed by atoms with van der Waals surface area (Å²) in [6.07, 6.45) is 3.36. The quantitative estimate of drug-likeness (QED) is 0.738. The number of nitrogens with one attached hydrogen (secondary N) is 2. The Morgan fingerprint density at radius 3 is 2.56 bits per heavy atom. The first-order chi connectivity index (χ1) is 11.8. The van der Waals surface area contributed by atoms with Gasteiger partial charge in [0.1, 0.15) is 0 Å². The van der Waals surface area contributed by atoms with E-state index in [4.69, 9.17) is 0 Å². The van der Waals surface area contributed by atoms with Gasteiger partial charge in [-0.05, 0) is 25.1 Å². The first-order valence-electron chi connectivity index (χ1n) is 7.74. The lowest BCUT2D eigenvalue weighted by Gasteiger charge is -2.14. The van der Waals surface area contributed by atoms with Gasteiger partial charge in [-0.25, -0.2) is 8.42 Å². The van der Waals surface area contributed by atoms with Gasteiger partial charge in [-0.2, -0.15) is 5.10 Å². The van der Waals surface area contributed by atoms with Gasteiger partial charge in [-0.1, -0.05) is 19.1 Å². The minimum absolute atomic E-state index is 0.0109. The number of carbonyl (C=O) groups excluding carboxylic acids is 2. The fourth-order valence-electron chi connectivity index (χ4n) is 2.20. The van der Waals surface area contributed by atoms with Crippen molar-refractivity contribution in [3.05, 3.63) is 42.7 Å². The lowest BCUT2D eigenvalue weighted by Crippen LogP contribution is -2.42. The second kappa shape index (κ2) is 7.93. The molecular formula is C16H20N4O4S. The Kier molecular flexibility index (Phi) is 5.92. The second-order valence-electron chi connectivity index (χ2n) is 5.46. The van der Waals surface area contributed by atoms with Crippen LogP contribution in [-0.2, 0) is 26.0 Å². The van der Waals surface area contributed by atoms with Crippen LogP contribution in [0.1, 0.15) is 13.8 Å². The van der Waals surface area contributed by atoms with Crippen molar-refractivity contribution in [1.82, 2.24) is 15.1 Å². The predicted molar refractivity (Wildman–Crippen MR) is 92.6 cm³/mol. The zero-order chi connectivity index (χ0) is 18.4. The minimum Gasteiger partial charge on any atom is -0.344 e. The number of nitrogens with zero attached hydrogens (tertiary/aromatic N) is 2. The molecule has 1 aromatic carbocycles. The Labute approximate surface area is 146 Å². The molecule has 25 heavy (non-hydrogen) atoms. The Bertz CT molecular complexity index is 847. The van der Waals surface area contributed by atoms with Crippen LogP contribution in [0.2, 0.25) is 0 Å². The summed E-state index contributed by atoms with van der Waals surface area (Å²) in [4.78, 5) is 24.1. The van der Waals surface area contributed by atoms with Gasteiger partial charge in [0.25, 0.3) is 0 Å². The first kappa shape index (κ1) is 18.7. The number of carbonyl (C=O) groups is 2. The summed E-state index contributed by atoms with van der Waals surface area (Å²) < 4.78 is 25.8. The van der Waals surface area contributed by atoms with E-state index in [1.165, 1.54) is 19.1 Å². The molecule has 1 unspecified atom stereocenters. The molecule has 0 fully saturated rings. The van der Waals surface area contributed by atoms with E-state index in [1.807, 2.05) is 0 Å². The summed E-state index contributed by atoms with van der Waals surface area (Å²) >= 11 is 0. The van der Waals surface area contributed by atoms with Gasteiger partial charge >= 0.3 is 11.8 Å². The highest BCUT2D eigenvalue weighted by Crippen LogP contribution is 2.21. The van der Waals surface area contributed by atoms with E-state index < -0.39 is 21.7 Å². The summed E-state index contributed by atoms with van der Waals surface area (Å²) in [5, 5.41) is 8.93. The van der Waals surface area contributed by atoms with Crippen molar-refractivity contribution in [2.45, 2.75) is 31.3 Å². The Hall–Kier alpha value is -2.68. The van der Waals surface area contributed by atoms with Crippen molar-refractivity contribution in [2.24, 2.45) is 0 Å². The molecule has 0 bridgehead atoms. The first-order valence-corrected chi connectivity index (χ1v) is 9.39. The Balaban J connectivity index is 2.03. The highest BCUT2D eigenvalue weighted by Gasteiger charge is 2.21. The third-order valence-corrected chi connectivity index (χ3v) is 5.24. The van der Waals surface area contributed by atoms with E-state index in [2.05, 4.69) is 15.7 Å². The molecule has 2 rings (SSSR count). The fourth-order valence-corrected chi connectivity index (χ4v) is 3.25. The van der Waals surface area contributed by atoms with Crippen LogP contribution in [0.25, 0.3) is 0 Å². The van der Waals surface area contributed by atoms with Gasteiger partial charge in [0.2, 0.25) is 0 Å². The van der Waals surface area contributed by atoms with Gasteiger partial charge in [-0.3, -0.25) is 14.3 Å². The number of rotatable bonds is 6. The van der Waals surface area contributed by atoms with Gasteiger partial charge in [0.15, 0.2) is 9.84 Å². The maximum atomic E-state index is 12.1. The van der Waals surface area contributed by atoms with Crippen molar-refractivity contribution in [1.29, 1.82) is 0 Å². The third-order valence-electron chi connectivity index (χ3n) is 3.45. The molecule has 0 aliphatic carbocycles. The molecule has 0 aliphatic heterocycles. The molecule has 9 heteroatoms. The predicted octanol–water partition coefficient (Wildman–Crippen LogP) is 0.820. The number of amides is 2. The molecule has 0 aliphatic rings. The number of anilines is 1. The van der Waals surface area contributed by atoms with Crippen LogP contribution in [-0.4, -0.2) is 41.8 Å². The van der Waals surface area contributed by atoms with Gasteiger partial charge in [-0.15, -0.1) is 0 Å². The lowest BCUT2D eigenvalue weighted by atomic mass is 10.3. The van der Waals surface area contributed by atoms with Crippen molar-refractivity contribution in [3.8, 4) is 0 Å². The molecule has 0 saturated heterocycles. The van der Waals surface area contributed by atoms with Crippen LogP contribution in [0.15, 0.2) is 47.6 Å². The van der Waals surface area contributed by atoms with Gasteiger partial charge in [0, 0.05) is 18.4 Å². The molecule has 0 radical (unpaired) electrons. The number of aromatic nitrogens is 2. The molecule has 2 aromatic rings. The summed E-state index contributed by atoms with van der Waals surface area (Å²) in [6, 6.07) is 7.42. The minimum atomic E-state index is -3.52. The summed E-state index contributed by atoms with van der Waals surface area (Å²) in [7, 11) is -3.52. The average Bonchev–Trinajstić information content (AvgIpc) is 3.07. The third kappa shape index (κ3) is 4.90. The van der Waals surface area contributed by atoms with Crippen LogP contribution in [0.5, 0.6) is 0 Å². The zero-order valence-corrected chi connectivity index (χ0v) is 14.8. The van der Waals surface area contributed by atoms with Crippen molar-refractivity contribution in [3.63, 3.8) is 0 Å². The van der Waals surface area contributed by atoms with E-state index >= 15 is 0 Å². The zero-order valence-electron chi connectivity index (χ0n) is 14.0. The molecule has 8 nitrogen and oxygen atoms in total. The van der Waals surface area contributed by atoms with Crippen LogP contribution in [0.3, 0.4) is 0 Å². The topological polar surface area (TPSA) is 110 Å². The monoisotopic (exact) mass is 364 g/mol. The molecule has 1 heterocycles. The number of hydrogen-bond donors (Lipinski definition) is 2. The largest absolute Gasteiger partial charge is 0.344 e. The fraction of sp³-hybridized carbons (Fsp3) is 0.312. The molecule has 0 saturated carbocycles. The van der Waals surface area contributed by atoms with E-state index in [0.29, 0.717) is 6.54 Å². The van der Waals surface area contributed by atoms with Crippen molar-refractivity contribution >= 4 is 27.3 Å². The molecule has 1 aromatic heterocycles. The van der Waals surface area contributed by atoms with Crippen LogP contribution in [0, 0.1) is 0 Å². The highest BCUT2D eigenvalue weighted by molar-refractivity contribution is 7.91. The second-order valence-corrected chi connectivity index (χ2v) is 7.70. The molecule has 1 atom stereocenters. The Morgan fingerprint density at radius 2 is 1.92 bits per heavy atom. The van der Waals surface area contributed by atoms with E-state index in [9.17, 15) is 18.0 Å². The molecule has 2 amide bonds. The van der Waals surface area contributed by atoms with E-state index in [-0.39, 0.29) is 22.4 Å².